The number of carbonyl (C=O) groups is 2. The van der Waals surface area contributed by atoms with Crippen LogP contribution in [-0.4, -0.2) is 190 Å². The number of hydrogen-bond donors (Lipinski definition) is 1. The maximum absolute atomic E-state index is 11.5. The van der Waals surface area contributed by atoms with Crippen molar-refractivity contribution < 1.29 is 75.9 Å². The Labute approximate surface area is 292 Å². The summed E-state index contributed by atoms with van der Waals surface area (Å²) in [5.74, 6) is -0.412. The molecule has 0 rings (SSSR count). The van der Waals surface area contributed by atoms with Gasteiger partial charge in [0, 0.05) is 6.54 Å². The minimum atomic E-state index is -0.515. The number of nitrogens with one attached hydrogen (secondary N) is 1. The van der Waals surface area contributed by atoms with Crippen molar-refractivity contribution in [2.24, 2.45) is 0 Å². The summed E-state index contributed by atoms with van der Waals surface area (Å²) < 4.78 is 74.4. The van der Waals surface area contributed by atoms with Gasteiger partial charge < -0.3 is 71.6 Å². The highest BCUT2D eigenvalue weighted by molar-refractivity contribution is 5.70. The molecule has 0 saturated heterocycles. The first-order chi connectivity index (χ1) is 23.8. The minimum absolute atomic E-state index is 0.0750. The van der Waals surface area contributed by atoms with Gasteiger partial charge in [-0.15, -0.1) is 0 Å². The van der Waals surface area contributed by atoms with Crippen molar-refractivity contribution in [2.45, 2.75) is 26.4 Å². The van der Waals surface area contributed by atoms with Gasteiger partial charge in [-0.25, -0.2) is 9.59 Å². The molecule has 49 heavy (non-hydrogen) atoms. The molecular formula is C32H63NO16. The van der Waals surface area contributed by atoms with Crippen LogP contribution in [0.15, 0.2) is 0 Å². The number of hydrogen-bond acceptors (Lipinski definition) is 16. The smallest absolute Gasteiger partial charge is 0.407 e. The van der Waals surface area contributed by atoms with E-state index in [0.717, 1.165) is 0 Å². The highest BCUT2D eigenvalue weighted by Crippen LogP contribution is 2.06. The molecule has 0 aromatic heterocycles. The summed E-state index contributed by atoms with van der Waals surface area (Å²) in [6, 6.07) is 0. The molecule has 17 heteroatoms. The van der Waals surface area contributed by atoms with E-state index in [2.05, 4.69) is 10.1 Å². The second-order valence-electron chi connectivity index (χ2n) is 10.8. The Bertz CT molecular complexity index is 713. The number of carbonyl (C=O) groups excluding carboxylic acids is 2. The first kappa shape index (κ1) is 47.3. The third-order valence-corrected chi connectivity index (χ3v) is 5.45. The van der Waals surface area contributed by atoms with Gasteiger partial charge in [-0.05, 0) is 20.8 Å². The molecule has 0 saturated carbocycles. The molecule has 0 radical (unpaired) electrons. The van der Waals surface area contributed by atoms with Crippen molar-refractivity contribution in [1.29, 1.82) is 0 Å². The van der Waals surface area contributed by atoms with Gasteiger partial charge in [-0.3, -0.25) is 0 Å². The number of methoxy groups -OCH3 is 1. The van der Waals surface area contributed by atoms with Gasteiger partial charge in [-0.2, -0.15) is 0 Å². The third kappa shape index (κ3) is 42.3. The van der Waals surface area contributed by atoms with Gasteiger partial charge in [0.2, 0.25) is 0 Å². The summed E-state index contributed by atoms with van der Waals surface area (Å²) >= 11 is 0. The molecule has 0 aliphatic rings. The SMILES string of the molecule is COC(=O)COCCOCCOCCOCCOCCOCCOCCOCCOCCOCCOCCOCCNC(=O)OC(C)(C)C. The number of rotatable bonds is 38. The van der Waals surface area contributed by atoms with Crippen molar-refractivity contribution in [3.8, 4) is 0 Å². The number of ether oxygens (including phenoxy) is 14. The van der Waals surface area contributed by atoms with Gasteiger partial charge in [0.15, 0.2) is 0 Å². The monoisotopic (exact) mass is 717 g/mol. The van der Waals surface area contributed by atoms with Crippen molar-refractivity contribution >= 4 is 12.1 Å². The van der Waals surface area contributed by atoms with E-state index in [1.54, 1.807) is 0 Å². The Morgan fingerprint density at radius 1 is 0.408 bits per heavy atom. The van der Waals surface area contributed by atoms with Gasteiger partial charge in [0.25, 0.3) is 0 Å². The summed E-state index contributed by atoms with van der Waals surface area (Å²) in [4.78, 5) is 22.3. The fourth-order valence-corrected chi connectivity index (χ4v) is 3.17. The summed E-state index contributed by atoms with van der Waals surface area (Å²) in [5, 5.41) is 2.63. The lowest BCUT2D eigenvalue weighted by Gasteiger charge is -2.19. The fourth-order valence-electron chi connectivity index (χ4n) is 3.17. The van der Waals surface area contributed by atoms with E-state index >= 15 is 0 Å². The molecule has 0 bridgehead atoms. The molecule has 0 aliphatic heterocycles. The highest BCUT2D eigenvalue weighted by Gasteiger charge is 2.15. The van der Waals surface area contributed by atoms with Crippen molar-refractivity contribution in [2.75, 3.05) is 172 Å². The predicted octanol–water partition coefficient (Wildman–Crippen LogP) is 0.883. The van der Waals surface area contributed by atoms with E-state index in [1.165, 1.54) is 7.11 Å². The first-order valence-electron chi connectivity index (χ1n) is 16.8. The topological polar surface area (TPSA) is 175 Å². The van der Waals surface area contributed by atoms with Gasteiger partial charge in [0.1, 0.15) is 12.2 Å². The molecule has 0 aromatic rings. The number of alkyl carbamates (subject to hydrolysis) is 1. The van der Waals surface area contributed by atoms with Crippen LogP contribution in [0.3, 0.4) is 0 Å². The molecule has 0 spiro atoms. The van der Waals surface area contributed by atoms with E-state index in [4.69, 9.17) is 61.6 Å². The lowest BCUT2D eigenvalue weighted by molar-refractivity contribution is -0.146. The van der Waals surface area contributed by atoms with Crippen LogP contribution in [0.5, 0.6) is 0 Å². The molecule has 292 valence electrons. The summed E-state index contributed by atoms with van der Waals surface area (Å²) in [7, 11) is 1.31. The molecule has 0 aromatic carbocycles. The molecule has 0 unspecified atom stereocenters. The maximum Gasteiger partial charge on any atom is 0.407 e. The van der Waals surface area contributed by atoms with Crippen LogP contribution < -0.4 is 5.32 Å². The van der Waals surface area contributed by atoms with Crippen LogP contribution in [0.25, 0.3) is 0 Å². The molecule has 17 nitrogen and oxygen atoms in total. The second kappa shape index (κ2) is 37.5. The number of amides is 1. The van der Waals surface area contributed by atoms with Crippen LogP contribution >= 0.6 is 0 Å². The largest absolute Gasteiger partial charge is 0.467 e. The molecule has 0 atom stereocenters. The van der Waals surface area contributed by atoms with E-state index in [9.17, 15) is 9.59 Å². The van der Waals surface area contributed by atoms with E-state index in [-0.39, 0.29) is 6.61 Å². The zero-order chi connectivity index (χ0) is 35.9. The van der Waals surface area contributed by atoms with Crippen molar-refractivity contribution in [1.82, 2.24) is 5.32 Å². The quantitative estimate of drug-likeness (QED) is 0.0703. The second-order valence-corrected chi connectivity index (χ2v) is 10.8. The minimum Gasteiger partial charge on any atom is -0.467 e. The molecule has 0 aliphatic carbocycles. The fraction of sp³-hybridized carbons (Fsp3) is 0.938. The van der Waals surface area contributed by atoms with Gasteiger partial charge in [0.05, 0.1) is 159 Å². The lowest BCUT2D eigenvalue weighted by atomic mass is 10.2. The average Bonchev–Trinajstić information content (AvgIpc) is 3.06. The van der Waals surface area contributed by atoms with E-state index < -0.39 is 17.7 Å². The predicted molar refractivity (Wildman–Crippen MR) is 176 cm³/mol. The van der Waals surface area contributed by atoms with Crippen molar-refractivity contribution in [3.63, 3.8) is 0 Å². The average molecular weight is 718 g/mol. The zero-order valence-electron chi connectivity index (χ0n) is 30.2. The van der Waals surface area contributed by atoms with Crippen LogP contribution in [-0.2, 0) is 71.1 Å². The summed E-state index contributed by atoms with van der Waals surface area (Å²) in [6.07, 6.45) is -0.456. The van der Waals surface area contributed by atoms with Crippen LogP contribution in [0, 0.1) is 0 Å². The van der Waals surface area contributed by atoms with Crippen LogP contribution in [0.1, 0.15) is 20.8 Å². The Morgan fingerprint density at radius 3 is 0.898 bits per heavy atom. The first-order valence-corrected chi connectivity index (χ1v) is 16.8. The summed E-state index contributed by atoms with van der Waals surface area (Å²) in [6.45, 7) is 16.3. The maximum atomic E-state index is 11.5. The molecule has 1 amide bonds. The van der Waals surface area contributed by atoms with E-state index in [0.29, 0.717) is 159 Å². The molecular weight excluding hydrogens is 654 g/mol. The summed E-state index contributed by atoms with van der Waals surface area (Å²) in [5.41, 5.74) is -0.515. The lowest BCUT2D eigenvalue weighted by Crippen LogP contribution is -2.34. The Kier molecular flexibility index (Phi) is 36.2. The van der Waals surface area contributed by atoms with E-state index in [1.807, 2.05) is 20.8 Å². The molecule has 1 N–H and O–H groups in total. The Hall–Kier alpha value is -1.74. The van der Waals surface area contributed by atoms with Gasteiger partial charge in [-0.1, -0.05) is 0 Å². The normalized spacial score (nSPS) is 11.6. The van der Waals surface area contributed by atoms with Crippen LogP contribution in [0.4, 0.5) is 4.79 Å². The number of esters is 1. The molecule has 0 heterocycles. The highest BCUT2D eigenvalue weighted by atomic mass is 16.6. The van der Waals surface area contributed by atoms with Crippen LogP contribution in [0.2, 0.25) is 0 Å². The Morgan fingerprint density at radius 2 is 0.653 bits per heavy atom. The molecule has 0 fully saturated rings. The third-order valence-electron chi connectivity index (χ3n) is 5.45. The standard InChI is InChI=1S/C32H63NO16/c1-32(2,3)49-31(35)33-5-6-37-7-8-38-9-10-39-11-12-40-13-14-41-15-16-42-17-18-43-19-20-44-21-22-45-23-24-46-25-26-47-27-28-48-29-30(34)36-4/h5-29H2,1-4H3,(H,33,35). The Balaban J connectivity index is 3.10. The zero-order valence-corrected chi connectivity index (χ0v) is 30.2. The van der Waals surface area contributed by atoms with Gasteiger partial charge >= 0.3 is 12.1 Å². The van der Waals surface area contributed by atoms with Crippen molar-refractivity contribution in [3.05, 3.63) is 0 Å².